The van der Waals surface area contributed by atoms with Gasteiger partial charge in [-0.2, -0.15) is 0 Å². The molecule has 3 nitrogen and oxygen atoms in total. The highest BCUT2D eigenvalue weighted by Crippen LogP contribution is 2.24. The van der Waals surface area contributed by atoms with E-state index in [4.69, 9.17) is 14.1 Å². The average molecular weight is 369 g/mol. The molecule has 0 saturated heterocycles. The summed E-state index contributed by atoms with van der Waals surface area (Å²) in [6, 6.07) is 26.6. The zero-order valence-electron chi connectivity index (χ0n) is 16.2. The zero-order chi connectivity index (χ0) is 19.3. The van der Waals surface area contributed by atoms with Crippen LogP contribution in [0.2, 0.25) is 0 Å². The molecular formula is C25H23NO2. The van der Waals surface area contributed by atoms with Crippen molar-refractivity contribution in [3.8, 4) is 17.1 Å². The van der Waals surface area contributed by atoms with Crippen LogP contribution in [0.5, 0.6) is 5.75 Å². The lowest BCUT2D eigenvalue weighted by molar-refractivity contribution is 0.415. The van der Waals surface area contributed by atoms with E-state index in [1.165, 1.54) is 11.1 Å². The van der Waals surface area contributed by atoms with Crippen LogP contribution in [0, 0.1) is 6.92 Å². The Balaban J connectivity index is 1.75. The molecule has 0 N–H and O–H groups in total. The summed E-state index contributed by atoms with van der Waals surface area (Å²) in [6.45, 7) is 2.82. The minimum absolute atomic E-state index is 0.735. The van der Waals surface area contributed by atoms with E-state index in [0.717, 1.165) is 46.4 Å². The zero-order valence-corrected chi connectivity index (χ0v) is 16.2. The van der Waals surface area contributed by atoms with Crippen molar-refractivity contribution in [3.63, 3.8) is 0 Å². The first kappa shape index (κ1) is 18.1. The molecule has 0 saturated carbocycles. The Labute approximate surface area is 165 Å². The van der Waals surface area contributed by atoms with Crippen LogP contribution < -0.4 is 10.1 Å². The molecule has 0 fully saturated rings. The molecule has 3 heteroatoms. The van der Waals surface area contributed by atoms with Crippen LogP contribution in [-0.4, -0.2) is 13.7 Å². The maximum atomic E-state index is 6.18. The second-order valence-corrected chi connectivity index (χ2v) is 6.84. The lowest BCUT2D eigenvalue weighted by atomic mass is 10.1. The third-order valence-electron chi connectivity index (χ3n) is 4.80. The van der Waals surface area contributed by atoms with Gasteiger partial charge in [0.15, 0.2) is 0 Å². The van der Waals surface area contributed by atoms with Crippen molar-refractivity contribution in [2.24, 2.45) is 4.99 Å². The summed E-state index contributed by atoms with van der Waals surface area (Å²) in [6.07, 6.45) is 0.915. The summed E-state index contributed by atoms with van der Waals surface area (Å²) in [5, 5.41) is 2.01. The molecular weight excluding hydrogens is 346 g/mol. The minimum Gasteiger partial charge on any atom is -0.497 e. The number of fused-ring (bicyclic) bond motifs is 1. The molecule has 0 atom stereocenters. The van der Waals surface area contributed by atoms with Gasteiger partial charge in [-0.05, 0) is 55.3 Å². The van der Waals surface area contributed by atoms with Crippen LogP contribution in [0.25, 0.3) is 22.3 Å². The topological polar surface area (TPSA) is 34.7 Å². The number of ether oxygens (including phenoxy) is 1. The Kier molecular flexibility index (Phi) is 5.24. The van der Waals surface area contributed by atoms with Gasteiger partial charge >= 0.3 is 0 Å². The summed E-state index contributed by atoms with van der Waals surface area (Å²) in [7, 11) is 1.67. The van der Waals surface area contributed by atoms with Gasteiger partial charge in [-0.3, -0.25) is 4.99 Å². The molecule has 4 aromatic rings. The first-order valence-corrected chi connectivity index (χ1v) is 9.46. The maximum absolute atomic E-state index is 6.18. The van der Waals surface area contributed by atoms with E-state index in [1.807, 2.05) is 42.5 Å². The number of aryl methyl sites for hydroxylation is 1. The van der Waals surface area contributed by atoms with Crippen LogP contribution in [0.1, 0.15) is 11.1 Å². The second-order valence-electron chi connectivity index (χ2n) is 6.84. The highest BCUT2D eigenvalue weighted by molar-refractivity contribution is 5.79. The Morgan fingerprint density at radius 3 is 2.43 bits per heavy atom. The molecule has 1 aromatic heterocycles. The molecule has 3 aromatic carbocycles. The summed E-state index contributed by atoms with van der Waals surface area (Å²) < 4.78 is 11.4. The highest BCUT2D eigenvalue weighted by Gasteiger charge is 2.07. The first-order chi connectivity index (χ1) is 13.7. The van der Waals surface area contributed by atoms with Crippen molar-refractivity contribution in [2.75, 3.05) is 13.7 Å². The molecule has 0 unspecified atom stereocenters. The smallest absolute Gasteiger partial charge is 0.136 e. The fraction of sp³-hybridized carbons (Fsp3) is 0.160. The molecule has 0 aliphatic rings. The van der Waals surface area contributed by atoms with E-state index in [0.29, 0.717) is 0 Å². The second kappa shape index (κ2) is 8.13. The van der Waals surface area contributed by atoms with E-state index in [2.05, 4.69) is 43.3 Å². The molecule has 140 valence electrons. The van der Waals surface area contributed by atoms with Gasteiger partial charge in [0.05, 0.1) is 12.5 Å². The molecule has 0 amide bonds. The number of methoxy groups -OCH3 is 1. The lowest BCUT2D eigenvalue weighted by Gasteiger charge is -2.07. The van der Waals surface area contributed by atoms with Crippen molar-refractivity contribution in [2.45, 2.75) is 13.3 Å². The molecule has 0 aliphatic heterocycles. The van der Waals surface area contributed by atoms with E-state index >= 15 is 0 Å². The Hall–Kier alpha value is -3.33. The van der Waals surface area contributed by atoms with Gasteiger partial charge in [0, 0.05) is 23.6 Å². The predicted octanol–water partition coefficient (Wildman–Crippen LogP) is 5.56. The fourth-order valence-electron chi connectivity index (χ4n) is 3.26. The first-order valence-electron chi connectivity index (χ1n) is 9.46. The van der Waals surface area contributed by atoms with Crippen molar-refractivity contribution in [1.82, 2.24) is 0 Å². The van der Waals surface area contributed by atoms with Crippen LogP contribution in [0.15, 0.2) is 88.3 Å². The summed E-state index contributed by atoms with van der Waals surface area (Å²) in [4.78, 5) is 4.91. The third kappa shape index (κ3) is 3.99. The van der Waals surface area contributed by atoms with Gasteiger partial charge in [-0.1, -0.05) is 42.0 Å². The quantitative estimate of drug-likeness (QED) is 0.461. The SMILES string of the molecule is COc1ccc(-c2c/c(=N\CCc3ccccc3)c3cc(C)ccc3o2)cc1. The van der Waals surface area contributed by atoms with Crippen molar-refractivity contribution >= 4 is 11.0 Å². The Bertz CT molecular complexity index is 1140. The fourth-order valence-corrected chi connectivity index (χ4v) is 3.26. The Morgan fingerprint density at radius 2 is 1.68 bits per heavy atom. The van der Waals surface area contributed by atoms with Gasteiger partial charge in [0.25, 0.3) is 0 Å². The van der Waals surface area contributed by atoms with Crippen molar-refractivity contribution in [1.29, 1.82) is 0 Å². The molecule has 0 bridgehead atoms. The van der Waals surface area contributed by atoms with E-state index in [-0.39, 0.29) is 0 Å². The van der Waals surface area contributed by atoms with Gasteiger partial charge in [0.1, 0.15) is 17.1 Å². The monoisotopic (exact) mass is 369 g/mol. The molecule has 0 spiro atoms. The minimum atomic E-state index is 0.735. The number of nitrogens with zero attached hydrogens (tertiary/aromatic N) is 1. The van der Waals surface area contributed by atoms with E-state index in [9.17, 15) is 0 Å². The van der Waals surface area contributed by atoms with Crippen molar-refractivity contribution in [3.05, 3.63) is 95.3 Å². The Morgan fingerprint density at radius 1 is 0.893 bits per heavy atom. The normalized spacial score (nSPS) is 11.7. The van der Waals surface area contributed by atoms with Gasteiger partial charge in [0.2, 0.25) is 0 Å². The number of hydrogen-bond donors (Lipinski definition) is 0. The molecule has 4 rings (SSSR count). The van der Waals surface area contributed by atoms with Crippen LogP contribution in [-0.2, 0) is 6.42 Å². The van der Waals surface area contributed by atoms with Crippen molar-refractivity contribution < 1.29 is 9.15 Å². The van der Waals surface area contributed by atoms with E-state index in [1.54, 1.807) is 7.11 Å². The highest BCUT2D eigenvalue weighted by atomic mass is 16.5. The van der Waals surface area contributed by atoms with Gasteiger partial charge in [-0.15, -0.1) is 0 Å². The van der Waals surface area contributed by atoms with Crippen LogP contribution in [0.4, 0.5) is 0 Å². The molecule has 0 aliphatic carbocycles. The number of benzene rings is 3. The summed E-state index contributed by atoms with van der Waals surface area (Å²) in [5.74, 6) is 1.63. The van der Waals surface area contributed by atoms with Gasteiger partial charge in [-0.25, -0.2) is 0 Å². The molecule has 0 radical (unpaired) electrons. The average Bonchev–Trinajstić information content (AvgIpc) is 2.74. The van der Waals surface area contributed by atoms with Crippen LogP contribution in [0.3, 0.4) is 0 Å². The summed E-state index contributed by atoms with van der Waals surface area (Å²) >= 11 is 0. The summed E-state index contributed by atoms with van der Waals surface area (Å²) in [5.41, 5.74) is 4.34. The van der Waals surface area contributed by atoms with Crippen LogP contribution >= 0.6 is 0 Å². The lowest BCUT2D eigenvalue weighted by Crippen LogP contribution is -2.06. The third-order valence-corrected chi connectivity index (χ3v) is 4.80. The molecule has 1 heterocycles. The number of rotatable bonds is 5. The van der Waals surface area contributed by atoms with Gasteiger partial charge < -0.3 is 9.15 Å². The maximum Gasteiger partial charge on any atom is 0.136 e. The number of hydrogen-bond acceptors (Lipinski definition) is 3. The standard InChI is InChI=1S/C25H23NO2/c1-18-8-13-24-22(16-18)23(26-15-14-19-6-4-3-5-7-19)17-25(28-24)20-9-11-21(27-2)12-10-20/h3-13,16-17H,14-15H2,1-2H3/b26-23+. The predicted molar refractivity (Wildman–Crippen MR) is 114 cm³/mol. The molecule has 28 heavy (non-hydrogen) atoms. The van der Waals surface area contributed by atoms with E-state index < -0.39 is 0 Å². The largest absolute Gasteiger partial charge is 0.497 e.